The van der Waals surface area contributed by atoms with Crippen LogP contribution in [0.4, 0.5) is 0 Å². The molecule has 0 saturated carbocycles. The summed E-state index contributed by atoms with van der Waals surface area (Å²) in [7, 11) is 0. The molecule has 0 amide bonds. The monoisotopic (exact) mass is 141 g/mol. The molecule has 7 heavy (non-hydrogen) atoms. The Hall–Kier alpha value is 0.0700. The van der Waals surface area contributed by atoms with Crippen LogP contribution in [0.5, 0.6) is 0 Å². The van der Waals surface area contributed by atoms with Crippen molar-refractivity contribution in [2.24, 2.45) is 5.92 Å². The summed E-state index contributed by atoms with van der Waals surface area (Å²) in [6, 6.07) is 2.03. The van der Waals surface area contributed by atoms with Crippen LogP contribution in [-0.4, -0.2) is 0 Å². The highest BCUT2D eigenvalue weighted by Crippen LogP contribution is 1.81. The molecule has 3 heteroatoms. The van der Waals surface area contributed by atoms with Gasteiger partial charge in [0.1, 0.15) is 0 Å². The second-order valence-corrected chi connectivity index (χ2v) is 1.28. The lowest BCUT2D eigenvalue weighted by atomic mass is 10.3. The zero-order valence-corrected chi connectivity index (χ0v) is 5.97. The van der Waals surface area contributed by atoms with Crippen LogP contribution in [0.2, 0.25) is 0 Å². The van der Waals surface area contributed by atoms with Crippen molar-refractivity contribution in [1.29, 1.82) is 5.26 Å². The Morgan fingerprint density at radius 2 is 1.43 bits per heavy atom. The van der Waals surface area contributed by atoms with Gasteiger partial charge in [-0.3, -0.25) is 0 Å². The maximum absolute atomic E-state index is 7.89. The van der Waals surface area contributed by atoms with E-state index in [1.165, 1.54) is 0 Å². The van der Waals surface area contributed by atoms with Gasteiger partial charge in [-0.25, -0.2) is 0 Å². The van der Waals surface area contributed by atoms with Crippen LogP contribution in [0.1, 0.15) is 13.8 Å². The first-order valence-corrected chi connectivity index (χ1v) is 1.67. The van der Waals surface area contributed by atoms with E-state index in [1.807, 2.05) is 19.9 Å². The zero-order chi connectivity index (χ0) is 4.28. The lowest BCUT2D eigenvalue weighted by molar-refractivity contribution is 0.849. The van der Waals surface area contributed by atoms with Gasteiger partial charge in [0, 0.05) is 5.92 Å². The van der Waals surface area contributed by atoms with Crippen molar-refractivity contribution in [3.05, 3.63) is 0 Å². The fourth-order valence-corrected chi connectivity index (χ4v) is 0. The summed E-state index contributed by atoms with van der Waals surface area (Å²) < 4.78 is 0. The molecule has 44 valence electrons. The van der Waals surface area contributed by atoms with Gasteiger partial charge in [0.15, 0.2) is 0 Å². The minimum absolute atomic E-state index is 0. The molecule has 0 bridgehead atoms. The number of hydrogen-bond acceptors (Lipinski definition) is 1. The van der Waals surface area contributed by atoms with Gasteiger partial charge in [-0.15, -0.1) is 24.8 Å². The van der Waals surface area contributed by atoms with Gasteiger partial charge in [-0.2, -0.15) is 5.26 Å². The molecule has 0 N–H and O–H groups in total. The minimum Gasteiger partial charge on any atom is -0.198 e. The van der Waals surface area contributed by atoms with Crippen LogP contribution in [0.15, 0.2) is 0 Å². The molecule has 0 saturated heterocycles. The van der Waals surface area contributed by atoms with Gasteiger partial charge >= 0.3 is 0 Å². The highest BCUT2D eigenvalue weighted by Gasteiger charge is 1.78. The molecule has 0 fully saturated rings. The Morgan fingerprint density at radius 3 is 1.43 bits per heavy atom. The van der Waals surface area contributed by atoms with E-state index in [0.717, 1.165) is 0 Å². The van der Waals surface area contributed by atoms with Crippen molar-refractivity contribution in [1.82, 2.24) is 0 Å². The molecule has 0 aromatic rings. The van der Waals surface area contributed by atoms with E-state index < -0.39 is 0 Å². The first-order valence-electron chi connectivity index (χ1n) is 1.67. The van der Waals surface area contributed by atoms with Crippen molar-refractivity contribution in [3.8, 4) is 6.07 Å². The third-order valence-corrected chi connectivity index (χ3v) is 0.258. The molecule has 0 aliphatic carbocycles. The average Bonchev–Trinajstić information content (AvgIpc) is 1.38. The van der Waals surface area contributed by atoms with E-state index in [2.05, 4.69) is 0 Å². The Kier molecular flexibility index (Phi) is 21.2. The smallest absolute Gasteiger partial charge is 0.0649 e. The quantitative estimate of drug-likeness (QED) is 0.507. The number of hydrogen-bond donors (Lipinski definition) is 0. The predicted octanol–water partition coefficient (Wildman–Crippen LogP) is 2.01. The molecule has 0 radical (unpaired) electrons. The van der Waals surface area contributed by atoms with Crippen LogP contribution in [-0.2, 0) is 0 Å². The summed E-state index contributed by atoms with van der Waals surface area (Å²) in [5, 5.41) is 7.89. The topological polar surface area (TPSA) is 23.8 Å². The minimum atomic E-state index is 0. The third kappa shape index (κ3) is 23.5. The van der Waals surface area contributed by atoms with Crippen molar-refractivity contribution >= 4 is 24.8 Å². The van der Waals surface area contributed by atoms with Gasteiger partial charge in [0.05, 0.1) is 6.07 Å². The molecule has 0 spiro atoms. The van der Waals surface area contributed by atoms with Gasteiger partial charge < -0.3 is 0 Å². The van der Waals surface area contributed by atoms with Crippen LogP contribution >= 0.6 is 24.8 Å². The molecule has 0 atom stereocenters. The van der Waals surface area contributed by atoms with Crippen LogP contribution in [0.25, 0.3) is 0 Å². The molecule has 0 unspecified atom stereocenters. The lowest BCUT2D eigenvalue weighted by Crippen LogP contribution is -1.72. The van der Waals surface area contributed by atoms with Gasteiger partial charge in [-0.1, -0.05) is 0 Å². The van der Waals surface area contributed by atoms with E-state index in [-0.39, 0.29) is 30.7 Å². The number of nitriles is 1. The first kappa shape index (κ1) is 15.7. The van der Waals surface area contributed by atoms with E-state index in [4.69, 9.17) is 5.26 Å². The van der Waals surface area contributed by atoms with Crippen molar-refractivity contribution < 1.29 is 0 Å². The first-order chi connectivity index (χ1) is 2.27. The predicted molar refractivity (Wildman–Crippen MR) is 34.9 cm³/mol. The van der Waals surface area contributed by atoms with E-state index in [9.17, 15) is 0 Å². The number of halogens is 2. The Morgan fingerprint density at radius 1 is 1.29 bits per heavy atom. The Bertz CT molecular complexity index is 55.2. The Balaban J connectivity index is -0.0000000800. The maximum atomic E-state index is 7.89. The molecule has 0 rings (SSSR count). The summed E-state index contributed by atoms with van der Waals surface area (Å²) in [4.78, 5) is 0. The SMILES string of the molecule is CC(C)C#N.Cl.Cl. The number of nitrogens with zero attached hydrogens (tertiary/aromatic N) is 1. The Labute approximate surface area is 56.5 Å². The second kappa shape index (κ2) is 9.42. The fraction of sp³-hybridized carbons (Fsp3) is 0.750. The lowest BCUT2D eigenvalue weighted by Gasteiger charge is -1.75. The summed E-state index contributed by atoms with van der Waals surface area (Å²) in [5.74, 6) is 0.190. The van der Waals surface area contributed by atoms with Gasteiger partial charge in [0.2, 0.25) is 0 Å². The molecule has 0 aliphatic rings. The van der Waals surface area contributed by atoms with E-state index in [0.29, 0.717) is 0 Å². The summed E-state index contributed by atoms with van der Waals surface area (Å²) in [6.45, 7) is 3.72. The van der Waals surface area contributed by atoms with E-state index in [1.54, 1.807) is 0 Å². The maximum Gasteiger partial charge on any atom is 0.0649 e. The van der Waals surface area contributed by atoms with Gasteiger partial charge in [-0.05, 0) is 13.8 Å². The van der Waals surface area contributed by atoms with Crippen LogP contribution in [0.3, 0.4) is 0 Å². The molecular weight excluding hydrogens is 133 g/mol. The standard InChI is InChI=1S/C4H7N.2ClH/c1-4(2)3-5;;/h4H,1-2H3;2*1H. The molecule has 0 heterocycles. The normalized spacial score (nSPS) is 5.43. The average molecular weight is 142 g/mol. The summed E-state index contributed by atoms with van der Waals surface area (Å²) >= 11 is 0. The molecular formula is C4H9Cl2N. The molecule has 0 aromatic heterocycles. The highest BCUT2D eigenvalue weighted by atomic mass is 35.5. The summed E-state index contributed by atoms with van der Waals surface area (Å²) in [6.07, 6.45) is 0. The largest absolute Gasteiger partial charge is 0.198 e. The third-order valence-electron chi connectivity index (χ3n) is 0.258. The van der Waals surface area contributed by atoms with Crippen molar-refractivity contribution in [3.63, 3.8) is 0 Å². The fourth-order valence-electron chi connectivity index (χ4n) is 0. The number of rotatable bonds is 0. The zero-order valence-electron chi connectivity index (χ0n) is 4.34. The van der Waals surface area contributed by atoms with Crippen molar-refractivity contribution in [2.45, 2.75) is 13.8 Å². The second-order valence-electron chi connectivity index (χ2n) is 1.28. The van der Waals surface area contributed by atoms with E-state index >= 15 is 0 Å². The van der Waals surface area contributed by atoms with Gasteiger partial charge in [0.25, 0.3) is 0 Å². The molecule has 1 nitrogen and oxygen atoms in total. The summed E-state index contributed by atoms with van der Waals surface area (Å²) in [5.41, 5.74) is 0. The van der Waals surface area contributed by atoms with Crippen LogP contribution in [0, 0.1) is 17.2 Å². The highest BCUT2D eigenvalue weighted by molar-refractivity contribution is 5.85. The van der Waals surface area contributed by atoms with Crippen LogP contribution < -0.4 is 0 Å². The molecule has 0 aliphatic heterocycles. The van der Waals surface area contributed by atoms with Crippen molar-refractivity contribution in [2.75, 3.05) is 0 Å². The molecule has 0 aromatic carbocycles.